The van der Waals surface area contributed by atoms with Crippen LogP contribution in [0.1, 0.15) is 18.5 Å². The third kappa shape index (κ3) is 2.88. The summed E-state index contributed by atoms with van der Waals surface area (Å²) >= 11 is 0. The summed E-state index contributed by atoms with van der Waals surface area (Å²) in [5, 5.41) is 9.60. The van der Waals surface area contributed by atoms with Gasteiger partial charge in [-0.3, -0.25) is 4.90 Å². The lowest BCUT2D eigenvalue weighted by molar-refractivity contribution is 0.0463. The van der Waals surface area contributed by atoms with E-state index in [0.29, 0.717) is 6.04 Å². The Kier molecular flexibility index (Phi) is 4.32. The molecule has 0 bridgehead atoms. The molecule has 1 heterocycles. The molecule has 0 radical (unpaired) electrons. The zero-order chi connectivity index (χ0) is 13.1. The zero-order valence-electron chi connectivity index (χ0n) is 11.0. The summed E-state index contributed by atoms with van der Waals surface area (Å²) in [7, 11) is 2.12. The molecule has 1 N–H and O–H groups in total. The average molecular weight is 252 g/mol. The second-order valence-corrected chi connectivity index (χ2v) is 5.07. The third-order valence-corrected chi connectivity index (χ3v) is 3.86. The van der Waals surface area contributed by atoms with Crippen LogP contribution < -0.4 is 0 Å². The molecular formula is C14H21FN2O. The van der Waals surface area contributed by atoms with Gasteiger partial charge in [0.1, 0.15) is 5.82 Å². The van der Waals surface area contributed by atoms with Crippen LogP contribution in [-0.4, -0.2) is 54.2 Å². The van der Waals surface area contributed by atoms with Crippen LogP contribution in [0.3, 0.4) is 0 Å². The number of halogens is 1. The maximum Gasteiger partial charge on any atom is 0.123 e. The van der Waals surface area contributed by atoms with E-state index in [2.05, 4.69) is 23.8 Å². The van der Waals surface area contributed by atoms with Crippen molar-refractivity contribution in [3.63, 3.8) is 0 Å². The fraction of sp³-hybridized carbons (Fsp3) is 0.571. The molecule has 0 aliphatic carbocycles. The Balaban J connectivity index is 2.11. The van der Waals surface area contributed by atoms with Crippen molar-refractivity contribution in [1.82, 2.24) is 9.80 Å². The minimum atomic E-state index is -0.234. The van der Waals surface area contributed by atoms with Crippen LogP contribution in [0.15, 0.2) is 24.3 Å². The van der Waals surface area contributed by atoms with E-state index in [1.807, 2.05) is 0 Å². The predicted molar refractivity (Wildman–Crippen MR) is 69.9 cm³/mol. The first kappa shape index (κ1) is 13.5. The predicted octanol–water partition coefficient (Wildman–Crippen LogP) is 1.50. The van der Waals surface area contributed by atoms with Gasteiger partial charge >= 0.3 is 0 Å². The molecule has 1 aliphatic heterocycles. The highest BCUT2D eigenvalue weighted by Gasteiger charge is 2.26. The molecule has 0 aromatic heterocycles. The lowest BCUT2D eigenvalue weighted by Gasteiger charge is -2.41. The van der Waals surface area contributed by atoms with Crippen LogP contribution in [0.2, 0.25) is 0 Å². The summed E-state index contributed by atoms with van der Waals surface area (Å²) in [5.41, 5.74) is 0.982. The molecule has 2 unspecified atom stereocenters. The Morgan fingerprint density at radius 3 is 2.56 bits per heavy atom. The number of hydrogen-bond acceptors (Lipinski definition) is 3. The number of likely N-dealkylation sites (N-methyl/N-ethyl adjacent to an activating group) is 1. The minimum absolute atomic E-state index is 0.0262. The van der Waals surface area contributed by atoms with Gasteiger partial charge in [-0.1, -0.05) is 12.1 Å². The van der Waals surface area contributed by atoms with Gasteiger partial charge in [-0.05, 0) is 31.7 Å². The summed E-state index contributed by atoms with van der Waals surface area (Å²) in [6.07, 6.45) is 0. The molecule has 2 rings (SSSR count). The van der Waals surface area contributed by atoms with E-state index >= 15 is 0 Å². The molecule has 0 amide bonds. The second-order valence-electron chi connectivity index (χ2n) is 5.07. The molecule has 2 atom stereocenters. The Morgan fingerprint density at radius 1 is 1.33 bits per heavy atom. The van der Waals surface area contributed by atoms with Crippen LogP contribution in [-0.2, 0) is 0 Å². The molecule has 1 aromatic carbocycles. The molecule has 1 aromatic rings. The van der Waals surface area contributed by atoms with Crippen molar-refractivity contribution in [1.29, 1.82) is 0 Å². The third-order valence-electron chi connectivity index (χ3n) is 3.86. The van der Waals surface area contributed by atoms with Gasteiger partial charge < -0.3 is 10.0 Å². The van der Waals surface area contributed by atoms with Crippen molar-refractivity contribution in [2.24, 2.45) is 0 Å². The fourth-order valence-electron chi connectivity index (χ4n) is 2.48. The molecule has 0 spiro atoms. The average Bonchev–Trinajstić information content (AvgIpc) is 2.37. The highest BCUT2D eigenvalue weighted by atomic mass is 19.1. The van der Waals surface area contributed by atoms with Gasteiger partial charge in [0, 0.05) is 25.7 Å². The summed E-state index contributed by atoms with van der Waals surface area (Å²) in [6, 6.07) is 6.89. The molecule has 100 valence electrons. The van der Waals surface area contributed by atoms with Crippen molar-refractivity contribution in [3.8, 4) is 0 Å². The number of aliphatic hydroxyl groups is 1. The van der Waals surface area contributed by atoms with Crippen molar-refractivity contribution in [3.05, 3.63) is 35.6 Å². The van der Waals surface area contributed by atoms with Crippen LogP contribution in [0.25, 0.3) is 0 Å². The lowest BCUT2D eigenvalue weighted by atomic mass is 10.0. The van der Waals surface area contributed by atoms with Gasteiger partial charge in [0.2, 0.25) is 0 Å². The quantitative estimate of drug-likeness (QED) is 0.883. The number of nitrogens with zero attached hydrogens (tertiary/aromatic N) is 2. The molecule has 1 saturated heterocycles. The standard InChI is InChI=1S/C14H21FN2O/c1-11-9-17(8-7-16(11)2)14(10-18)12-3-5-13(15)6-4-12/h3-6,11,14,18H,7-10H2,1-2H3. The fourth-order valence-corrected chi connectivity index (χ4v) is 2.48. The van der Waals surface area contributed by atoms with E-state index in [0.717, 1.165) is 25.2 Å². The summed E-state index contributed by atoms with van der Waals surface area (Å²) in [5.74, 6) is -0.234. The van der Waals surface area contributed by atoms with Crippen LogP contribution in [0.5, 0.6) is 0 Å². The van der Waals surface area contributed by atoms with Crippen LogP contribution in [0, 0.1) is 5.82 Å². The molecule has 4 heteroatoms. The van der Waals surface area contributed by atoms with Gasteiger partial charge in [-0.2, -0.15) is 0 Å². The first-order valence-electron chi connectivity index (χ1n) is 6.42. The van der Waals surface area contributed by atoms with Gasteiger partial charge in [0.05, 0.1) is 12.6 Å². The number of piperazine rings is 1. The first-order chi connectivity index (χ1) is 8.61. The zero-order valence-corrected chi connectivity index (χ0v) is 11.0. The Morgan fingerprint density at radius 2 is 2.00 bits per heavy atom. The smallest absolute Gasteiger partial charge is 0.123 e. The van der Waals surface area contributed by atoms with Crippen molar-refractivity contribution < 1.29 is 9.50 Å². The van der Waals surface area contributed by atoms with E-state index in [4.69, 9.17) is 0 Å². The van der Waals surface area contributed by atoms with Crippen LogP contribution in [0.4, 0.5) is 4.39 Å². The monoisotopic (exact) mass is 252 g/mol. The normalized spacial score (nSPS) is 24.1. The summed E-state index contributed by atoms with van der Waals surface area (Å²) in [4.78, 5) is 4.59. The molecule has 0 saturated carbocycles. The van der Waals surface area contributed by atoms with E-state index in [1.54, 1.807) is 12.1 Å². The number of aliphatic hydroxyl groups excluding tert-OH is 1. The topological polar surface area (TPSA) is 26.7 Å². The van der Waals surface area contributed by atoms with Crippen molar-refractivity contribution >= 4 is 0 Å². The molecule has 3 nitrogen and oxygen atoms in total. The number of rotatable bonds is 3. The Bertz CT molecular complexity index is 382. The number of benzene rings is 1. The molecule has 1 aliphatic rings. The first-order valence-corrected chi connectivity index (χ1v) is 6.42. The number of hydrogen-bond donors (Lipinski definition) is 1. The molecule has 18 heavy (non-hydrogen) atoms. The van der Waals surface area contributed by atoms with E-state index in [1.165, 1.54) is 12.1 Å². The summed E-state index contributed by atoms with van der Waals surface area (Å²) in [6.45, 7) is 5.12. The van der Waals surface area contributed by atoms with E-state index in [9.17, 15) is 9.50 Å². The SMILES string of the molecule is CC1CN(C(CO)c2ccc(F)cc2)CCN1C. The second kappa shape index (κ2) is 5.78. The largest absolute Gasteiger partial charge is 0.394 e. The Labute approximate surface area is 108 Å². The van der Waals surface area contributed by atoms with Crippen molar-refractivity contribution in [2.75, 3.05) is 33.3 Å². The highest BCUT2D eigenvalue weighted by Crippen LogP contribution is 2.23. The maximum absolute atomic E-state index is 12.9. The van der Waals surface area contributed by atoms with E-state index in [-0.39, 0.29) is 18.5 Å². The van der Waals surface area contributed by atoms with Gasteiger partial charge in [-0.15, -0.1) is 0 Å². The maximum atomic E-state index is 12.9. The van der Waals surface area contributed by atoms with E-state index < -0.39 is 0 Å². The van der Waals surface area contributed by atoms with Gasteiger partial charge in [0.25, 0.3) is 0 Å². The van der Waals surface area contributed by atoms with Crippen molar-refractivity contribution in [2.45, 2.75) is 19.0 Å². The molecular weight excluding hydrogens is 231 g/mol. The summed E-state index contributed by atoms with van der Waals surface area (Å²) < 4.78 is 12.9. The minimum Gasteiger partial charge on any atom is -0.394 e. The highest BCUT2D eigenvalue weighted by molar-refractivity contribution is 5.20. The Hall–Kier alpha value is -0.970. The molecule has 1 fully saturated rings. The van der Waals surface area contributed by atoms with Crippen LogP contribution >= 0.6 is 0 Å². The van der Waals surface area contributed by atoms with Gasteiger partial charge in [0.15, 0.2) is 0 Å². The lowest BCUT2D eigenvalue weighted by Crippen LogP contribution is -2.51. The van der Waals surface area contributed by atoms with Gasteiger partial charge in [-0.25, -0.2) is 4.39 Å².